The molecule has 1 saturated heterocycles. The number of methoxy groups -OCH3 is 1. The number of fused-ring (bicyclic) bond motifs is 1. The second-order valence-electron chi connectivity index (χ2n) is 5.21. The summed E-state index contributed by atoms with van der Waals surface area (Å²) in [6.07, 6.45) is 4.91. The molecule has 1 unspecified atom stereocenters. The van der Waals surface area contributed by atoms with Gasteiger partial charge in [-0.05, 0) is 42.5 Å². The van der Waals surface area contributed by atoms with Gasteiger partial charge >= 0.3 is 0 Å². The van der Waals surface area contributed by atoms with Crippen molar-refractivity contribution >= 4 is 22.9 Å². The van der Waals surface area contributed by atoms with Crippen molar-refractivity contribution in [3.8, 4) is 5.75 Å². The number of ether oxygens (including phenoxy) is 1. The Hall–Kier alpha value is -2.10. The van der Waals surface area contributed by atoms with Gasteiger partial charge in [0.2, 0.25) is 0 Å². The summed E-state index contributed by atoms with van der Waals surface area (Å²) < 4.78 is 5.26. The fourth-order valence-electron chi connectivity index (χ4n) is 2.83. The molecular formula is C16H18N2O2. The maximum atomic E-state index is 11.0. The smallest absolute Gasteiger partial charge is 0.136 e. The van der Waals surface area contributed by atoms with E-state index in [0.717, 1.165) is 54.6 Å². The summed E-state index contributed by atoms with van der Waals surface area (Å²) in [5, 5.41) is 2.22. The fourth-order valence-corrected chi connectivity index (χ4v) is 2.83. The van der Waals surface area contributed by atoms with E-state index in [9.17, 15) is 4.79 Å². The van der Waals surface area contributed by atoms with Gasteiger partial charge in [-0.3, -0.25) is 0 Å². The van der Waals surface area contributed by atoms with Crippen molar-refractivity contribution in [2.75, 3.05) is 25.1 Å². The highest BCUT2D eigenvalue weighted by Gasteiger charge is 2.21. The molecule has 1 aliphatic heterocycles. The van der Waals surface area contributed by atoms with E-state index >= 15 is 0 Å². The van der Waals surface area contributed by atoms with Crippen LogP contribution in [0.2, 0.25) is 0 Å². The molecule has 0 saturated carbocycles. The van der Waals surface area contributed by atoms with E-state index in [4.69, 9.17) is 4.74 Å². The van der Waals surface area contributed by atoms with Gasteiger partial charge in [-0.2, -0.15) is 0 Å². The van der Waals surface area contributed by atoms with Crippen LogP contribution in [-0.2, 0) is 4.79 Å². The van der Waals surface area contributed by atoms with E-state index < -0.39 is 0 Å². The lowest BCUT2D eigenvalue weighted by Crippen LogP contribution is -2.36. The first-order valence-corrected chi connectivity index (χ1v) is 6.95. The van der Waals surface area contributed by atoms with Crippen molar-refractivity contribution in [2.45, 2.75) is 12.8 Å². The minimum atomic E-state index is 0.124. The summed E-state index contributed by atoms with van der Waals surface area (Å²) >= 11 is 0. The Balaban J connectivity index is 2.00. The van der Waals surface area contributed by atoms with Crippen molar-refractivity contribution in [3.63, 3.8) is 0 Å². The number of rotatable bonds is 3. The molecule has 3 rings (SSSR count). The molecule has 104 valence electrons. The summed E-state index contributed by atoms with van der Waals surface area (Å²) in [4.78, 5) is 17.8. The zero-order valence-electron chi connectivity index (χ0n) is 11.6. The van der Waals surface area contributed by atoms with Gasteiger partial charge in [0.1, 0.15) is 17.9 Å². The van der Waals surface area contributed by atoms with Crippen LogP contribution in [0, 0.1) is 5.92 Å². The molecule has 2 heterocycles. The molecule has 1 fully saturated rings. The molecule has 4 nitrogen and oxygen atoms in total. The Labute approximate surface area is 118 Å². The molecule has 4 heteroatoms. The molecule has 0 radical (unpaired) electrons. The number of anilines is 1. The molecular weight excluding hydrogens is 252 g/mol. The van der Waals surface area contributed by atoms with Crippen molar-refractivity contribution in [1.82, 2.24) is 4.98 Å². The maximum absolute atomic E-state index is 11.0. The minimum Gasteiger partial charge on any atom is -0.497 e. The lowest BCUT2D eigenvalue weighted by atomic mass is 9.99. The number of piperidine rings is 1. The van der Waals surface area contributed by atoms with Crippen molar-refractivity contribution < 1.29 is 9.53 Å². The quantitative estimate of drug-likeness (QED) is 0.804. The molecule has 0 bridgehead atoms. The standard InChI is InChI=1S/C16H18N2O2/c1-20-14-4-5-15-13(9-14)6-7-17-16(15)18-8-2-3-12(10-18)11-19/h4-7,9,11-12H,2-3,8,10H2,1H3. The largest absolute Gasteiger partial charge is 0.497 e. The van der Waals surface area contributed by atoms with E-state index in [-0.39, 0.29) is 5.92 Å². The van der Waals surface area contributed by atoms with E-state index in [2.05, 4.69) is 9.88 Å². The van der Waals surface area contributed by atoms with Gasteiger partial charge in [0.15, 0.2) is 0 Å². The first-order chi connectivity index (χ1) is 9.81. The lowest BCUT2D eigenvalue weighted by molar-refractivity contribution is -0.111. The molecule has 0 spiro atoms. The average Bonchev–Trinajstić information content (AvgIpc) is 2.53. The zero-order chi connectivity index (χ0) is 13.9. The van der Waals surface area contributed by atoms with E-state index in [1.54, 1.807) is 7.11 Å². The van der Waals surface area contributed by atoms with Crippen LogP contribution in [0.15, 0.2) is 30.5 Å². The van der Waals surface area contributed by atoms with Crippen LogP contribution in [0.4, 0.5) is 5.82 Å². The SMILES string of the molecule is COc1ccc2c(N3CCCC(C=O)C3)nccc2c1. The van der Waals surface area contributed by atoms with E-state index in [1.165, 1.54) is 0 Å². The van der Waals surface area contributed by atoms with Gasteiger partial charge in [0.05, 0.1) is 7.11 Å². The Bertz CT molecular complexity index is 627. The highest BCUT2D eigenvalue weighted by Crippen LogP contribution is 2.30. The summed E-state index contributed by atoms with van der Waals surface area (Å²) in [6.45, 7) is 1.73. The second kappa shape index (κ2) is 5.49. The molecule has 0 aliphatic carbocycles. The Kier molecular flexibility index (Phi) is 3.54. The fraction of sp³-hybridized carbons (Fsp3) is 0.375. The number of aromatic nitrogens is 1. The van der Waals surface area contributed by atoms with Crippen LogP contribution in [0.25, 0.3) is 10.8 Å². The van der Waals surface area contributed by atoms with Gasteiger partial charge in [-0.1, -0.05) is 0 Å². The molecule has 1 aromatic carbocycles. The van der Waals surface area contributed by atoms with Crippen LogP contribution < -0.4 is 9.64 Å². The summed E-state index contributed by atoms with van der Waals surface area (Å²) in [5.41, 5.74) is 0. The van der Waals surface area contributed by atoms with Crippen LogP contribution in [0.5, 0.6) is 5.75 Å². The first kappa shape index (κ1) is 12.9. The number of aldehydes is 1. The number of carbonyl (C=O) groups is 1. The molecule has 0 amide bonds. The Morgan fingerprint density at radius 3 is 3.10 bits per heavy atom. The normalized spacial score (nSPS) is 19.1. The molecule has 1 atom stereocenters. The Morgan fingerprint density at radius 2 is 2.30 bits per heavy atom. The number of hydrogen-bond donors (Lipinski definition) is 0. The number of nitrogens with zero attached hydrogens (tertiary/aromatic N) is 2. The van der Waals surface area contributed by atoms with E-state index in [0.29, 0.717) is 0 Å². The lowest BCUT2D eigenvalue weighted by Gasteiger charge is -2.31. The molecule has 1 aliphatic rings. The van der Waals surface area contributed by atoms with Crippen LogP contribution in [0.1, 0.15) is 12.8 Å². The van der Waals surface area contributed by atoms with Crippen LogP contribution >= 0.6 is 0 Å². The summed E-state index contributed by atoms with van der Waals surface area (Å²) in [6, 6.07) is 8.00. The number of benzene rings is 1. The summed E-state index contributed by atoms with van der Waals surface area (Å²) in [5.74, 6) is 1.94. The third kappa shape index (κ3) is 2.33. The third-order valence-corrected chi connectivity index (χ3v) is 3.90. The third-order valence-electron chi connectivity index (χ3n) is 3.90. The summed E-state index contributed by atoms with van der Waals surface area (Å²) in [7, 11) is 1.67. The minimum absolute atomic E-state index is 0.124. The highest BCUT2D eigenvalue weighted by molar-refractivity contribution is 5.93. The van der Waals surface area contributed by atoms with Crippen LogP contribution in [-0.4, -0.2) is 31.5 Å². The van der Waals surface area contributed by atoms with Crippen molar-refractivity contribution in [1.29, 1.82) is 0 Å². The number of pyridine rings is 1. The molecule has 1 aromatic heterocycles. The predicted octanol–water partition coefficient (Wildman–Crippen LogP) is 2.66. The molecule has 20 heavy (non-hydrogen) atoms. The molecule has 0 N–H and O–H groups in total. The van der Waals surface area contributed by atoms with Crippen molar-refractivity contribution in [3.05, 3.63) is 30.5 Å². The topological polar surface area (TPSA) is 42.4 Å². The number of hydrogen-bond acceptors (Lipinski definition) is 4. The highest BCUT2D eigenvalue weighted by atomic mass is 16.5. The van der Waals surface area contributed by atoms with Gasteiger partial charge in [-0.15, -0.1) is 0 Å². The predicted molar refractivity (Wildman–Crippen MR) is 79.3 cm³/mol. The van der Waals surface area contributed by atoms with Gasteiger partial charge in [0, 0.05) is 30.6 Å². The van der Waals surface area contributed by atoms with Gasteiger partial charge in [0.25, 0.3) is 0 Å². The van der Waals surface area contributed by atoms with Crippen molar-refractivity contribution in [2.24, 2.45) is 5.92 Å². The van der Waals surface area contributed by atoms with Gasteiger partial charge in [-0.25, -0.2) is 4.98 Å². The van der Waals surface area contributed by atoms with Gasteiger partial charge < -0.3 is 14.4 Å². The first-order valence-electron chi connectivity index (χ1n) is 6.95. The van der Waals surface area contributed by atoms with Crippen LogP contribution in [0.3, 0.4) is 0 Å². The monoisotopic (exact) mass is 270 g/mol. The van der Waals surface area contributed by atoms with E-state index in [1.807, 2.05) is 30.5 Å². The Morgan fingerprint density at radius 1 is 1.40 bits per heavy atom. The maximum Gasteiger partial charge on any atom is 0.136 e. The number of carbonyl (C=O) groups excluding carboxylic acids is 1. The molecule has 2 aromatic rings. The zero-order valence-corrected chi connectivity index (χ0v) is 11.6. The second-order valence-corrected chi connectivity index (χ2v) is 5.21. The average molecular weight is 270 g/mol.